The molecular formula is C8H15N3S. The first-order valence-electron chi connectivity index (χ1n) is 3.90. The van der Waals surface area contributed by atoms with Crippen LogP contribution >= 0.6 is 11.8 Å². The lowest BCUT2D eigenvalue weighted by Gasteiger charge is -2.01. The molecule has 0 atom stereocenters. The molecule has 12 heavy (non-hydrogen) atoms. The van der Waals surface area contributed by atoms with Crippen molar-refractivity contribution in [2.45, 2.75) is 18.9 Å². The molecule has 0 aromatic carbocycles. The molecule has 0 aliphatic rings. The normalized spacial score (nSPS) is 8.33. The summed E-state index contributed by atoms with van der Waals surface area (Å²) < 4.78 is 0. The van der Waals surface area contributed by atoms with Gasteiger partial charge < -0.3 is 5.32 Å². The number of anilines is 1. The molecule has 1 aromatic rings. The molecule has 0 amide bonds. The van der Waals surface area contributed by atoms with Crippen LogP contribution in [0.5, 0.6) is 0 Å². The quantitative estimate of drug-likeness (QED) is 0.566. The smallest absolute Gasteiger partial charge is 0.122 e. The third kappa shape index (κ3) is 3.09. The van der Waals surface area contributed by atoms with Crippen LogP contribution in [0.3, 0.4) is 0 Å². The van der Waals surface area contributed by atoms with E-state index in [-0.39, 0.29) is 0 Å². The molecule has 0 fully saturated rings. The van der Waals surface area contributed by atoms with Gasteiger partial charge in [0.05, 0.1) is 11.9 Å². The van der Waals surface area contributed by atoms with E-state index in [4.69, 9.17) is 0 Å². The number of nitrogens with zero attached hydrogens (tertiary/aromatic N) is 2. The van der Waals surface area contributed by atoms with Gasteiger partial charge in [0.25, 0.3) is 0 Å². The third-order valence-corrected chi connectivity index (χ3v) is 1.85. The van der Waals surface area contributed by atoms with Gasteiger partial charge in [-0.1, -0.05) is 13.8 Å². The van der Waals surface area contributed by atoms with Crippen LogP contribution in [0, 0.1) is 0 Å². The first-order valence-corrected chi connectivity index (χ1v) is 5.12. The molecule has 3 nitrogen and oxygen atoms in total. The summed E-state index contributed by atoms with van der Waals surface area (Å²) in [6.45, 7) is 4.00. The molecule has 0 saturated carbocycles. The summed E-state index contributed by atoms with van der Waals surface area (Å²) in [6.07, 6.45) is 5.30. The van der Waals surface area contributed by atoms with Gasteiger partial charge in [0.2, 0.25) is 0 Å². The molecule has 0 bridgehead atoms. The topological polar surface area (TPSA) is 37.8 Å². The monoisotopic (exact) mass is 185 g/mol. The summed E-state index contributed by atoms with van der Waals surface area (Å²) in [5.41, 5.74) is 0.981. The van der Waals surface area contributed by atoms with Crippen molar-refractivity contribution >= 4 is 17.4 Å². The van der Waals surface area contributed by atoms with Crippen LogP contribution in [0.25, 0.3) is 0 Å². The van der Waals surface area contributed by atoms with Gasteiger partial charge in [-0.05, 0) is 6.26 Å². The predicted octanol–water partition coefficient (Wildman–Crippen LogP) is 2.27. The highest BCUT2D eigenvalue weighted by Crippen LogP contribution is 2.19. The molecular weight excluding hydrogens is 170 g/mol. The van der Waals surface area contributed by atoms with Crippen molar-refractivity contribution in [3.63, 3.8) is 0 Å². The highest BCUT2D eigenvalue weighted by molar-refractivity contribution is 7.98. The SMILES string of the molecule is CC.CNc1cncnc1SC. The zero-order valence-corrected chi connectivity index (χ0v) is 8.77. The van der Waals surface area contributed by atoms with Gasteiger partial charge in [-0.15, -0.1) is 11.8 Å². The lowest BCUT2D eigenvalue weighted by atomic mass is 10.5. The molecule has 1 rings (SSSR count). The van der Waals surface area contributed by atoms with Gasteiger partial charge in [-0.25, -0.2) is 9.97 Å². The predicted molar refractivity (Wildman–Crippen MR) is 54.7 cm³/mol. The number of hydrogen-bond acceptors (Lipinski definition) is 4. The zero-order chi connectivity index (χ0) is 9.40. The molecule has 68 valence electrons. The molecule has 0 saturated heterocycles. The first-order chi connectivity index (χ1) is 5.88. The highest BCUT2D eigenvalue weighted by Gasteiger charge is 1.97. The van der Waals surface area contributed by atoms with Gasteiger partial charge in [0.15, 0.2) is 0 Å². The Morgan fingerprint density at radius 2 is 2.08 bits per heavy atom. The Bertz CT molecular complexity index is 192. The van der Waals surface area contributed by atoms with Crippen LogP contribution in [0.15, 0.2) is 17.6 Å². The Hall–Kier alpha value is -0.770. The summed E-state index contributed by atoms with van der Waals surface area (Å²) >= 11 is 1.61. The van der Waals surface area contributed by atoms with Gasteiger partial charge in [0.1, 0.15) is 11.4 Å². The van der Waals surface area contributed by atoms with Crippen molar-refractivity contribution in [3.05, 3.63) is 12.5 Å². The van der Waals surface area contributed by atoms with E-state index in [1.807, 2.05) is 27.2 Å². The number of hydrogen-bond donors (Lipinski definition) is 1. The average molecular weight is 185 g/mol. The number of aromatic nitrogens is 2. The Kier molecular flexibility index (Phi) is 6.47. The summed E-state index contributed by atoms with van der Waals surface area (Å²) in [6, 6.07) is 0. The van der Waals surface area contributed by atoms with Crippen LogP contribution in [0.1, 0.15) is 13.8 Å². The maximum atomic E-state index is 4.06. The lowest BCUT2D eigenvalue weighted by Crippen LogP contribution is -1.93. The second-order valence-electron chi connectivity index (χ2n) is 1.70. The summed E-state index contributed by atoms with van der Waals surface area (Å²) in [5.74, 6) is 0. The van der Waals surface area contributed by atoms with E-state index >= 15 is 0 Å². The van der Waals surface area contributed by atoms with Crippen molar-refractivity contribution in [1.82, 2.24) is 9.97 Å². The van der Waals surface area contributed by atoms with E-state index in [0.717, 1.165) is 10.7 Å². The fraction of sp³-hybridized carbons (Fsp3) is 0.500. The van der Waals surface area contributed by atoms with Crippen LogP contribution in [-0.4, -0.2) is 23.3 Å². The Morgan fingerprint density at radius 3 is 2.50 bits per heavy atom. The Balaban J connectivity index is 0.000000561. The standard InChI is InChI=1S/C6H9N3S.C2H6/c1-7-5-3-8-4-9-6(5)10-2;1-2/h3-4,7H,1-2H3;1-2H3. The Labute approximate surface area is 78.0 Å². The van der Waals surface area contributed by atoms with Gasteiger partial charge in [-0.3, -0.25) is 0 Å². The summed E-state index contributed by atoms with van der Waals surface area (Å²) in [4.78, 5) is 7.93. The minimum absolute atomic E-state index is 0.981. The molecule has 0 aliphatic carbocycles. The molecule has 0 spiro atoms. The van der Waals surface area contributed by atoms with Gasteiger partial charge in [0, 0.05) is 7.05 Å². The van der Waals surface area contributed by atoms with E-state index < -0.39 is 0 Å². The maximum absolute atomic E-state index is 4.06. The second kappa shape index (κ2) is 6.91. The number of nitrogens with one attached hydrogen (secondary N) is 1. The maximum Gasteiger partial charge on any atom is 0.122 e. The van der Waals surface area contributed by atoms with E-state index in [1.165, 1.54) is 0 Å². The van der Waals surface area contributed by atoms with E-state index in [1.54, 1.807) is 24.3 Å². The van der Waals surface area contributed by atoms with E-state index in [0.29, 0.717) is 0 Å². The molecule has 0 radical (unpaired) electrons. The molecule has 1 N–H and O–H groups in total. The largest absolute Gasteiger partial charge is 0.385 e. The number of rotatable bonds is 2. The average Bonchev–Trinajstić information content (AvgIpc) is 2.20. The summed E-state index contributed by atoms with van der Waals surface area (Å²) in [5, 5.41) is 3.98. The zero-order valence-electron chi connectivity index (χ0n) is 7.96. The fourth-order valence-corrected chi connectivity index (χ4v) is 1.18. The van der Waals surface area contributed by atoms with Crippen LogP contribution in [0.2, 0.25) is 0 Å². The molecule has 1 aromatic heterocycles. The van der Waals surface area contributed by atoms with Crippen molar-refractivity contribution in [2.75, 3.05) is 18.6 Å². The van der Waals surface area contributed by atoms with Crippen LogP contribution in [-0.2, 0) is 0 Å². The molecule has 1 heterocycles. The third-order valence-electron chi connectivity index (χ3n) is 1.14. The highest BCUT2D eigenvalue weighted by atomic mass is 32.2. The van der Waals surface area contributed by atoms with E-state index in [2.05, 4.69) is 15.3 Å². The molecule has 0 aliphatic heterocycles. The van der Waals surface area contributed by atoms with Crippen molar-refractivity contribution in [3.8, 4) is 0 Å². The van der Waals surface area contributed by atoms with Gasteiger partial charge >= 0.3 is 0 Å². The first kappa shape index (κ1) is 11.2. The minimum atomic E-state index is 0.981. The van der Waals surface area contributed by atoms with Crippen LogP contribution in [0.4, 0.5) is 5.69 Å². The minimum Gasteiger partial charge on any atom is -0.385 e. The lowest BCUT2D eigenvalue weighted by molar-refractivity contribution is 1.05. The van der Waals surface area contributed by atoms with Crippen molar-refractivity contribution < 1.29 is 0 Å². The second-order valence-corrected chi connectivity index (χ2v) is 2.49. The summed E-state index contributed by atoms with van der Waals surface area (Å²) in [7, 11) is 1.86. The molecule has 0 unspecified atom stereocenters. The van der Waals surface area contributed by atoms with E-state index in [9.17, 15) is 0 Å². The van der Waals surface area contributed by atoms with Gasteiger partial charge in [-0.2, -0.15) is 0 Å². The Morgan fingerprint density at radius 1 is 1.42 bits per heavy atom. The van der Waals surface area contributed by atoms with Crippen LogP contribution < -0.4 is 5.32 Å². The number of thioether (sulfide) groups is 1. The molecule has 4 heteroatoms. The fourth-order valence-electron chi connectivity index (χ4n) is 0.653. The van der Waals surface area contributed by atoms with Crippen molar-refractivity contribution in [2.24, 2.45) is 0 Å². The van der Waals surface area contributed by atoms with Crippen molar-refractivity contribution in [1.29, 1.82) is 0 Å².